The van der Waals surface area contributed by atoms with E-state index in [0.29, 0.717) is 16.5 Å². The van der Waals surface area contributed by atoms with Crippen LogP contribution in [-0.2, 0) is 0 Å². The Morgan fingerprint density at radius 2 is 2.11 bits per heavy atom. The second-order valence-corrected chi connectivity index (χ2v) is 4.07. The SMILES string of the molecule is Cc1ccc(Cl)cc1NC(=O)Nc1cnccn1. The minimum atomic E-state index is -0.388. The number of hydrogen-bond acceptors (Lipinski definition) is 3. The van der Waals surface area contributed by atoms with Gasteiger partial charge in [0.1, 0.15) is 0 Å². The van der Waals surface area contributed by atoms with Gasteiger partial charge in [-0.2, -0.15) is 0 Å². The summed E-state index contributed by atoms with van der Waals surface area (Å²) in [5.74, 6) is 0.384. The molecule has 0 atom stereocenters. The van der Waals surface area contributed by atoms with E-state index in [1.165, 1.54) is 18.6 Å². The highest BCUT2D eigenvalue weighted by molar-refractivity contribution is 6.31. The van der Waals surface area contributed by atoms with E-state index < -0.39 is 0 Å². The Labute approximate surface area is 109 Å². The van der Waals surface area contributed by atoms with Gasteiger partial charge in [0.15, 0.2) is 5.82 Å². The number of carbonyl (C=O) groups excluding carboxylic acids is 1. The molecule has 0 aliphatic rings. The quantitative estimate of drug-likeness (QED) is 0.874. The maximum absolute atomic E-state index is 11.7. The second-order valence-electron chi connectivity index (χ2n) is 3.63. The molecular formula is C12H11ClN4O. The zero-order valence-corrected chi connectivity index (χ0v) is 10.4. The fourth-order valence-corrected chi connectivity index (χ4v) is 1.53. The summed E-state index contributed by atoms with van der Waals surface area (Å²) < 4.78 is 0. The highest BCUT2D eigenvalue weighted by Gasteiger charge is 2.06. The molecule has 0 saturated carbocycles. The van der Waals surface area contributed by atoms with Crippen LogP contribution in [0.4, 0.5) is 16.3 Å². The molecule has 0 bridgehead atoms. The normalized spacial score (nSPS) is 9.89. The second kappa shape index (κ2) is 5.46. The molecule has 1 aromatic heterocycles. The highest BCUT2D eigenvalue weighted by atomic mass is 35.5. The van der Waals surface area contributed by atoms with Crippen molar-refractivity contribution in [2.75, 3.05) is 10.6 Å². The predicted octanol–water partition coefficient (Wildman–Crippen LogP) is 3.08. The van der Waals surface area contributed by atoms with Crippen LogP contribution >= 0.6 is 11.6 Å². The standard InChI is InChI=1S/C12H11ClN4O/c1-8-2-3-9(13)6-10(8)16-12(18)17-11-7-14-4-5-15-11/h2-7H,1H3,(H2,15,16,17,18). The molecule has 92 valence electrons. The third-order valence-corrected chi connectivity index (χ3v) is 2.49. The van der Waals surface area contributed by atoms with Crippen molar-refractivity contribution in [3.8, 4) is 0 Å². The number of aromatic nitrogens is 2. The molecule has 18 heavy (non-hydrogen) atoms. The van der Waals surface area contributed by atoms with Crippen LogP contribution in [0, 0.1) is 6.92 Å². The number of aryl methyl sites for hydroxylation is 1. The first-order chi connectivity index (χ1) is 8.65. The van der Waals surface area contributed by atoms with E-state index in [1.54, 1.807) is 12.1 Å². The van der Waals surface area contributed by atoms with Gasteiger partial charge in [0, 0.05) is 23.1 Å². The van der Waals surface area contributed by atoms with Gasteiger partial charge in [-0.15, -0.1) is 0 Å². The van der Waals surface area contributed by atoms with Gasteiger partial charge in [0.25, 0.3) is 0 Å². The van der Waals surface area contributed by atoms with Crippen LogP contribution in [0.15, 0.2) is 36.8 Å². The summed E-state index contributed by atoms with van der Waals surface area (Å²) in [6, 6.07) is 4.90. The number of carbonyl (C=O) groups is 1. The van der Waals surface area contributed by atoms with Crippen LogP contribution < -0.4 is 10.6 Å². The summed E-state index contributed by atoms with van der Waals surface area (Å²) in [5, 5.41) is 5.83. The van der Waals surface area contributed by atoms with E-state index in [0.717, 1.165) is 5.56 Å². The number of nitrogens with one attached hydrogen (secondary N) is 2. The summed E-state index contributed by atoms with van der Waals surface area (Å²) in [6.07, 6.45) is 4.49. The number of anilines is 2. The van der Waals surface area contributed by atoms with Crippen molar-refractivity contribution in [2.24, 2.45) is 0 Å². The Kier molecular flexibility index (Phi) is 3.74. The Morgan fingerprint density at radius 3 is 2.83 bits per heavy atom. The molecule has 2 amide bonds. The Morgan fingerprint density at radius 1 is 1.28 bits per heavy atom. The number of amides is 2. The maximum Gasteiger partial charge on any atom is 0.324 e. The summed E-state index contributed by atoms with van der Waals surface area (Å²) >= 11 is 5.87. The van der Waals surface area contributed by atoms with Gasteiger partial charge in [-0.25, -0.2) is 9.78 Å². The molecule has 6 heteroatoms. The highest BCUT2D eigenvalue weighted by Crippen LogP contribution is 2.20. The van der Waals surface area contributed by atoms with Gasteiger partial charge < -0.3 is 5.32 Å². The van der Waals surface area contributed by atoms with E-state index in [-0.39, 0.29) is 6.03 Å². The lowest BCUT2D eigenvalue weighted by molar-refractivity contribution is 0.262. The predicted molar refractivity (Wildman–Crippen MR) is 70.9 cm³/mol. The lowest BCUT2D eigenvalue weighted by atomic mass is 10.2. The molecule has 0 aliphatic carbocycles. The summed E-state index contributed by atoms with van der Waals surface area (Å²) in [7, 11) is 0. The Balaban J connectivity index is 2.05. The number of halogens is 1. The zero-order chi connectivity index (χ0) is 13.0. The molecule has 5 nitrogen and oxygen atoms in total. The number of benzene rings is 1. The van der Waals surface area contributed by atoms with Crippen molar-refractivity contribution in [1.29, 1.82) is 0 Å². The molecule has 2 N–H and O–H groups in total. The van der Waals surface area contributed by atoms with Gasteiger partial charge in [0.05, 0.1) is 6.20 Å². The fraction of sp³-hybridized carbons (Fsp3) is 0.0833. The van der Waals surface area contributed by atoms with Crippen molar-refractivity contribution in [3.63, 3.8) is 0 Å². The molecule has 0 aliphatic heterocycles. The van der Waals surface area contributed by atoms with Gasteiger partial charge in [-0.1, -0.05) is 17.7 Å². The largest absolute Gasteiger partial charge is 0.324 e. The summed E-state index contributed by atoms with van der Waals surface area (Å²) in [5.41, 5.74) is 1.58. The maximum atomic E-state index is 11.7. The molecule has 2 rings (SSSR count). The molecule has 0 spiro atoms. The average molecular weight is 263 g/mol. The van der Waals surface area contributed by atoms with Crippen molar-refractivity contribution >= 4 is 29.1 Å². The van der Waals surface area contributed by atoms with Crippen molar-refractivity contribution in [3.05, 3.63) is 47.4 Å². The zero-order valence-electron chi connectivity index (χ0n) is 9.64. The van der Waals surface area contributed by atoms with Gasteiger partial charge in [-0.05, 0) is 24.6 Å². The Bertz CT molecular complexity index is 559. The van der Waals surface area contributed by atoms with E-state index in [1.807, 2.05) is 13.0 Å². The first-order valence-electron chi connectivity index (χ1n) is 5.25. The number of rotatable bonds is 2. The molecule has 0 saturated heterocycles. The lowest BCUT2D eigenvalue weighted by Gasteiger charge is -2.09. The van der Waals surface area contributed by atoms with E-state index >= 15 is 0 Å². The van der Waals surface area contributed by atoms with Crippen molar-refractivity contribution < 1.29 is 4.79 Å². The minimum Gasteiger partial charge on any atom is -0.307 e. The molecule has 2 aromatic rings. The molecule has 1 aromatic carbocycles. The number of hydrogen-bond donors (Lipinski definition) is 2. The average Bonchev–Trinajstić information content (AvgIpc) is 2.35. The van der Waals surface area contributed by atoms with Gasteiger partial charge in [0.2, 0.25) is 0 Å². The van der Waals surface area contributed by atoms with Crippen LogP contribution in [0.25, 0.3) is 0 Å². The van der Waals surface area contributed by atoms with E-state index in [9.17, 15) is 4.79 Å². The number of nitrogens with zero attached hydrogens (tertiary/aromatic N) is 2. The third kappa shape index (κ3) is 3.18. The minimum absolute atomic E-state index is 0.384. The van der Waals surface area contributed by atoms with Crippen LogP contribution in [0.5, 0.6) is 0 Å². The number of urea groups is 1. The first-order valence-corrected chi connectivity index (χ1v) is 5.63. The first kappa shape index (κ1) is 12.3. The monoisotopic (exact) mass is 262 g/mol. The molecule has 1 heterocycles. The van der Waals surface area contributed by atoms with Gasteiger partial charge >= 0.3 is 6.03 Å². The summed E-state index contributed by atoms with van der Waals surface area (Å²) in [4.78, 5) is 19.5. The van der Waals surface area contributed by atoms with Crippen LogP contribution in [-0.4, -0.2) is 16.0 Å². The third-order valence-electron chi connectivity index (χ3n) is 2.25. The molecule has 0 fully saturated rings. The van der Waals surface area contributed by atoms with Crippen LogP contribution in [0.1, 0.15) is 5.56 Å². The van der Waals surface area contributed by atoms with E-state index in [2.05, 4.69) is 20.6 Å². The van der Waals surface area contributed by atoms with Crippen molar-refractivity contribution in [2.45, 2.75) is 6.92 Å². The molecule has 0 unspecified atom stereocenters. The summed E-state index contributed by atoms with van der Waals surface area (Å²) in [6.45, 7) is 1.88. The van der Waals surface area contributed by atoms with Crippen LogP contribution in [0.2, 0.25) is 5.02 Å². The van der Waals surface area contributed by atoms with Gasteiger partial charge in [-0.3, -0.25) is 10.3 Å². The van der Waals surface area contributed by atoms with E-state index in [4.69, 9.17) is 11.6 Å². The fourth-order valence-electron chi connectivity index (χ4n) is 1.36. The molecule has 0 radical (unpaired) electrons. The smallest absolute Gasteiger partial charge is 0.307 e. The lowest BCUT2D eigenvalue weighted by Crippen LogP contribution is -2.20. The molecular weight excluding hydrogens is 252 g/mol. The van der Waals surface area contributed by atoms with Crippen LogP contribution in [0.3, 0.4) is 0 Å². The topological polar surface area (TPSA) is 66.9 Å². The Hall–Kier alpha value is -2.14. The van der Waals surface area contributed by atoms with Crippen molar-refractivity contribution in [1.82, 2.24) is 9.97 Å².